The van der Waals surface area contributed by atoms with Crippen LogP contribution in [0.4, 0.5) is 0 Å². The molecule has 2 aromatic rings. The molecule has 0 spiro atoms. The molecule has 1 heterocycles. The van der Waals surface area contributed by atoms with Crippen molar-refractivity contribution in [1.29, 1.82) is 0 Å². The molecule has 6 nitrogen and oxygen atoms in total. The largest absolute Gasteiger partial charge is 0.492 e. The first-order valence-electron chi connectivity index (χ1n) is 9.33. The Bertz CT molecular complexity index is 778. The Hall–Kier alpha value is -1.48. The van der Waals surface area contributed by atoms with E-state index in [-0.39, 0.29) is 30.0 Å². The number of hydrogen-bond acceptors (Lipinski definition) is 3. The fraction of sp³-hybridized carbons (Fsp3) is 0.500. The van der Waals surface area contributed by atoms with Crippen molar-refractivity contribution >= 4 is 41.5 Å². The lowest BCUT2D eigenvalue weighted by molar-refractivity contribution is 0.328. The number of halogens is 2. The molecule has 1 aromatic heterocycles. The maximum Gasteiger partial charge on any atom is 0.191 e. The van der Waals surface area contributed by atoms with Gasteiger partial charge in [-0.2, -0.15) is 5.10 Å². The van der Waals surface area contributed by atoms with E-state index in [1.54, 1.807) is 6.07 Å². The van der Waals surface area contributed by atoms with E-state index < -0.39 is 0 Å². The van der Waals surface area contributed by atoms with Gasteiger partial charge in [-0.25, -0.2) is 4.99 Å². The van der Waals surface area contributed by atoms with Crippen LogP contribution in [0.3, 0.4) is 0 Å². The van der Waals surface area contributed by atoms with Gasteiger partial charge in [0.25, 0.3) is 0 Å². The van der Waals surface area contributed by atoms with Crippen LogP contribution in [-0.2, 0) is 13.5 Å². The van der Waals surface area contributed by atoms with Crippen LogP contribution < -0.4 is 15.4 Å². The lowest BCUT2D eigenvalue weighted by Crippen LogP contribution is -2.43. The predicted octanol–water partition coefficient (Wildman–Crippen LogP) is 3.87. The lowest BCUT2D eigenvalue weighted by Gasteiger charge is -2.18. The van der Waals surface area contributed by atoms with Gasteiger partial charge in [-0.1, -0.05) is 17.7 Å². The number of rotatable bonds is 8. The van der Waals surface area contributed by atoms with Crippen LogP contribution in [0.5, 0.6) is 5.75 Å². The van der Waals surface area contributed by atoms with Crippen molar-refractivity contribution in [3.05, 3.63) is 46.2 Å². The third-order valence-electron chi connectivity index (χ3n) is 4.32. The molecule has 0 amide bonds. The number of aliphatic imine (C=N–C) groups is 1. The third-order valence-corrected chi connectivity index (χ3v) is 4.56. The fourth-order valence-corrected chi connectivity index (χ4v) is 3.08. The Morgan fingerprint density at radius 3 is 2.71 bits per heavy atom. The predicted molar refractivity (Wildman–Crippen MR) is 127 cm³/mol. The van der Waals surface area contributed by atoms with E-state index in [2.05, 4.69) is 48.4 Å². The summed E-state index contributed by atoms with van der Waals surface area (Å²) in [6.07, 6.45) is 0.898. The average molecular weight is 520 g/mol. The first-order chi connectivity index (χ1) is 12.9. The molecule has 1 unspecified atom stereocenters. The summed E-state index contributed by atoms with van der Waals surface area (Å²) >= 11 is 5.96. The molecule has 0 bridgehead atoms. The van der Waals surface area contributed by atoms with E-state index in [0.29, 0.717) is 18.2 Å². The van der Waals surface area contributed by atoms with Crippen molar-refractivity contribution in [2.24, 2.45) is 12.0 Å². The van der Waals surface area contributed by atoms with E-state index >= 15 is 0 Å². The maximum absolute atomic E-state index is 5.96. The van der Waals surface area contributed by atoms with Gasteiger partial charge >= 0.3 is 0 Å². The Morgan fingerprint density at radius 1 is 1.36 bits per heavy atom. The van der Waals surface area contributed by atoms with Gasteiger partial charge in [-0.15, -0.1) is 24.0 Å². The van der Waals surface area contributed by atoms with Crippen molar-refractivity contribution in [3.8, 4) is 5.75 Å². The molecular weight excluding hydrogens is 489 g/mol. The normalized spacial score (nSPS) is 12.3. The van der Waals surface area contributed by atoms with Crippen molar-refractivity contribution < 1.29 is 4.74 Å². The molecule has 0 fully saturated rings. The molecule has 1 atom stereocenters. The van der Waals surface area contributed by atoms with E-state index in [1.165, 1.54) is 11.3 Å². The minimum atomic E-state index is 0. The van der Waals surface area contributed by atoms with E-state index in [1.807, 2.05) is 29.9 Å². The van der Waals surface area contributed by atoms with Crippen molar-refractivity contribution in [1.82, 2.24) is 20.4 Å². The minimum absolute atomic E-state index is 0. The number of aromatic nitrogens is 2. The molecule has 0 aliphatic carbocycles. The molecule has 0 aliphatic heterocycles. The second-order valence-electron chi connectivity index (χ2n) is 6.59. The van der Waals surface area contributed by atoms with Gasteiger partial charge in [0.15, 0.2) is 5.96 Å². The van der Waals surface area contributed by atoms with Gasteiger partial charge in [-0.3, -0.25) is 4.68 Å². The summed E-state index contributed by atoms with van der Waals surface area (Å²) in [6.45, 7) is 10.2. The summed E-state index contributed by atoms with van der Waals surface area (Å²) in [6, 6.07) is 7.62. The second-order valence-corrected chi connectivity index (χ2v) is 7.03. The van der Waals surface area contributed by atoms with Gasteiger partial charge in [0.2, 0.25) is 0 Å². The van der Waals surface area contributed by atoms with Crippen molar-refractivity contribution in [3.63, 3.8) is 0 Å². The molecule has 0 saturated heterocycles. The number of nitrogens with zero attached hydrogens (tertiary/aromatic N) is 3. The van der Waals surface area contributed by atoms with E-state index in [9.17, 15) is 0 Å². The quantitative estimate of drug-likeness (QED) is 0.241. The minimum Gasteiger partial charge on any atom is -0.492 e. The number of benzene rings is 1. The zero-order valence-electron chi connectivity index (χ0n) is 17.3. The summed E-state index contributed by atoms with van der Waals surface area (Å²) in [5.74, 6) is 1.55. The molecule has 28 heavy (non-hydrogen) atoms. The monoisotopic (exact) mass is 519 g/mol. The highest BCUT2D eigenvalue weighted by Gasteiger charge is 2.13. The molecule has 2 rings (SSSR count). The zero-order chi connectivity index (χ0) is 19.8. The maximum atomic E-state index is 5.96. The molecule has 1 aromatic carbocycles. The summed E-state index contributed by atoms with van der Waals surface area (Å²) in [7, 11) is 1.98. The SMILES string of the molecule is CCNC(=NCCOc1cccc(Cl)c1)NC(C)Cc1c(C)nn(C)c1C.I. The lowest BCUT2D eigenvalue weighted by atomic mass is 10.1. The molecule has 0 aliphatic rings. The number of ether oxygens (including phenoxy) is 1. The molecule has 0 saturated carbocycles. The van der Waals surface area contributed by atoms with Gasteiger partial charge in [0.1, 0.15) is 12.4 Å². The Kier molecular flexibility index (Phi) is 10.7. The van der Waals surface area contributed by atoms with Gasteiger partial charge < -0.3 is 15.4 Å². The highest BCUT2D eigenvalue weighted by molar-refractivity contribution is 14.0. The average Bonchev–Trinajstić information content (AvgIpc) is 2.85. The molecule has 0 radical (unpaired) electrons. The van der Waals surface area contributed by atoms with Crippen LogP contribution in [-0.4, -0.2) is 41.5 Å². The summed E-state index contributed by atoms with van der Waals surface area (Å²) in [5.41, 5.74) is 3.58. The summed E-state index contributed by atoms with van der Waals surface area (Å²) in [5, 5.41) is 11.9. The summed E-state index contributed by atoms with van der Waals surface area (Å²) in [4.78, 5) is 4.60. The van der Waals surface area contributed by atoms with Crippen molar-refractivity contribution in [2.45, 2.75) is 40.2 Å². The van der Waals surface area contributed by atoms with Crippen LogP contribution in [0.15, 0.2) is 29.3 Å². The topological polar surface area (TPSA) is 63.5 Å². The highest BCUT2D eigenvalue weighted by Crippen LogP contribution is 2.17. The van der Waals surface area contributed by atoms with E-state index in [0.717, 1.165) is 30.4 Å². The van der Waals surface area contributed by atoms with Gasteiger partial charge in [-0.05, 0) is 57.9 Å². The summed E-state index contributed by atoms with van der Waals surface area (Å²) < 4.78 is 7.63. The third kappa shape index (κ3) is 7.50. The standard InChI is InChI=1S/C20H30ClN5O.HI/c1-6-22-20(23-10-11-27-18-9-7-8-17(21)13-18)24-14(2)12-19-15(3)25-26(5)16(19)4;/h7-9,13-14H,6,10-12H2,1-5H3,(H2,22,23,24);1H. The van der Waals surface area contributed by atoms with Crippen LogP contribution in [0.1, 0.15) is 30.8 Å². The highest BCUT2D eigenvalue weighted by atomic mass is 127. The molecular formula is C20H31ClIN5O. The second kappa shape index (κ2) is 12.2. The fourth-order valence-electron chi connectivity index (χ4n) is 2.90. The van der Waals surface area contributed by atoms with E-state index in [4.69, 9.17) is 16.3 Å². The zero-order valence-corrected chi connectivity index (χ0v) is 20.3. The molecule has 2 N–H and O–H groups in total. The van der Waals surface area contributed by atoms with Crippen LogP contribution in [0.2, 0.25) is 5.02 Å². The van der Waals surface area contributed by atoms with Crippen molar-refractivity contribution in [2.75, 3.05) is 19.7 Å². The van der Waals surface area contributed by atoms with Gasteiger partial charge in [0, 0.05) is 30.4 Å². The Labute approximate surface area is 190 Å². The molecule has 156 valence electrons. The smallest absolute Gasteiger partial charge is 0.191 e. The van der Waals surface area contributed by atoms with Gasteiger partial charge in [0.05, 0.1) is 12.2 Å². The van der Waals surface area contributed by atoms with Crippen LogP contribution in [0, 0.1) is 13.8 Å². The van der Waals surface area contributed by atoms with Crippen LogP contribution in [0.25, 0.3) is 0 Å². The number of nitrogens with one attached hydrogen (secondary N) is 2. The Balaban J connectivity index is 0.00000392. The molecule has 8 heteroatoms. The Morgan fingerprint density at radius 2 is 2.11 bits per heavy atom. The number of hydrogen-bond donors (Lipinski definition) is 2. The van der Waals surface area contributed by atoms with Crippen LogP contribution >= 0.6 is 35.6 Å². The number of guanidine groups is 1. The first-order valence-corrected chi connectivity index (χ1v) is 9.70. The first kappa shape index (κ1) is 24.6. The number of aryl methyl sites for hydroxylation is 2.